The smallest absolute Gasteiger partial charge is 0.266 e. The Labute approximate surface area is 326 Å². The van der Waals surface area contributed by atoms with Crippen molar-refractivity contribution >= 4 is 63.6 Å². The van der Waals surface area contributed by atoms with E-state index in [-0.39, 0.29) is 41.2 Å². The number of nitrogens with zero attached hydrogens (tertiary/aromatic N) is 2. The number of para-hydroxylation sites is 1. The van der Waals surface area contributed by atoms with Crippen molar-refractivity contribution in [3.8, 4) is 16.9 Å². The van der Waals surface area contributed by atoms with Gasteiger partial charge in [-0.15, -0.1) is 0 Å². The standard InChI is InChI=1S/C42H37N7O8/c43-38(52)30-22-46-31-16-15-26(21-29(31)37(30)47-27-7-2-1-3-8-27)24-11-13-25(14-12-24)39(53)45-20-5-4-19-44-35(51)23-57-33-10-6-9-28-36(33)42(56)49(41(28)55)32-17-18-34(50)48-40(32)54/h1-3,6-16,21-22,32H,4-5,17-20,23H2,(H2,43,52)(H,44,51)(H,45,53)(H,46,47)(H,48,50,54). The number of anilines is 2. The Balaban J connectivity index is 0.873. The lowest BCUT2D eigenvalue weighted by Gasteiger charge is -2.27. The normalized spacial score (nSPS) is 14.9. The lowest BCUT2D eigenvalue weighted by molar-refractivity contribution is -0.136. The summed E-state index contributed by atoms with van der Waals surface area (Å²) in [5.41, 5.74) is 10.2. The minimum Gasteiger partial charge on any atom is -0.483 e. The number of ether oxygens (including phenoxy) is 1. The number of piperidine rings is 1. The van der Waals surface area contributed by atoms with Crippen molar-refractivity contribution in [1.29, 1.82) is 0 Å². The van der Waals surface area contributed by atoms with E-state index in [0.717, 1.165) is 21.7 Å². The molecule has 15 heteroatoms. The third-order valence-corrected chi connectivity index (χ3v) is 9.66. The summed E-state index contributed by atoms with van der Waals surface area (Å²) >= 11 is 0. The van der Waals surface area contributed by atoms with Crippen molar-refractivity contribution < 1.29 is 38.3 Å². The van der Waals surface area contributed by atoms with Gasteiger partial charge in [-0.3, -0.25) is 48.8 Å². The fraction of sp³-hybridized carbons (Fsp3) is 0.190. The number of nitrogens with one attached hydrogen (secondary N) is 4. The second-order valence-corrected chi connectivity index (χ2v) is 13.4. The van der Waals surface area contributed by atoms with Crippen LogP contribution in [0.4, 0.5) is 11.4 Å². The summed E-state index contributed by atoms with van der Waals surface area (Å²) in [6, 6.07) is 25.6. The zero-order chi connectivity index (χ0) is 40.1. The molecule has 0 bridgehead atoms. The fourth-order valence-electron chi connectivity index (χ4n) is 6.75. The van der Waals surface area contributed by atoms with Gasteiger partial charge in [0.05, 0.1) is 27.9 Å². The van der Waals surface area contributed by atoms with Gasteiger partial charge in [0.2, 0.25) is 11.8 Å². The molecule has 7 rings (SSSR count). The van der Waals surface area contributed by atoms with Gasteiger partial charge in [-0.25, -0.2) is 0 Å². The van der Waals surface area contributed by atoms with E-state index in [4.69, 9.17) is 10.5 Å². The molecular formula is C42H37N7O8. The number of primary amides is 1. The molecule has 2 aliphatic heterocycles. The number of carbonyl (C=O) groups excluding carboxylic acids is 7. The molecule has 15 nitrogen and oxygen atoms in total. The van der Waals surface area contributed by atoms with Crippen molar-refractivity contribution in [3.05, 3.63) is 119 Å². The summed E-state index contributed by atoms with van der Waals surface area (Å²) in [6.07, 6.45) is 2.63. The van der Waals surface area contributed by atoms with E-state index in [1.54, 1.807) is 12.1 Å². The predicted molar refractivity (Wildman–Crippen MR) is 209 cm³/mol. The zero-order valence-corrected chi connectivity index (χ0v) is 30.5. The van der Waals surface area contributed by atoms with Gasteiger partial charge in [-0.2, -0.15) is 0 Å². The molecule has 1 atom stereocenters. The molecule has 6 N–H and O–H groups in total. The number of benzene rings is 4. The van der Waals surface area contributed by atoms with Crippen molar-refractivity contribution in [1.82, 2.24) is 25.8 Å². The highest BCUT2D eigenvalue weighted by Gasteiger charge is 2.46. The Morgan fingerprint density at radius 3 is 2.32 bits per heavy atom. The Morgan fingerprint density at radius 2 is 1.58 bits per heavy atom. The molecule has 1 aromatic heterocycles. The number of fused-ring (bicyclic) bond motifs is 2. The van der Waals surface area contributed by atoms with Crippen LogP contribution in [0.25, 0.3) is 22.0 Å². The number of aromatic nitrogens is 1. The van der Waals surface area contributed by atoms with Crippen LogP contribution in [0.5, 0.6) is 5.75 Å². The topological polar surface area (TPSA) is 219 Å². The van der Waals surface area contributed by atoms with E-state index in [1.165, 1.54) is 24.4 Å². The highest BCUT2D eigenvalue weighted by atomic mass is 16.5. The first-order chi connectivity index (χ1) is 27.6. The van der Waals surface area contributed by atoms with Crippen LogP contribution >= 0.6 is 0 Å². The number of rotatable bonds is 14. The number of amides is 7. The van der Waals surface area contributed by atoms with E-state index in [0.29, 0.717) is 48.1 Å². The van der Waals surface area contributed by atoms with Gasteiger partial charge in [-0.1, -0.05) is 42.5 Å². The molecule has 3 heterocycles. The summed E-state index contributed by atoms with van der Waals surface area (Å²) in [5.74, 6) is -3.85. The molecule has 57 heavy (non-hydrogen) atoms. The fourth-order valence-corrected chi connectivity index (χ4v) is 6.75. The Kier molecular flexibility index (Phi) is 11.0. The summed E-state index contributed by atoms with van der Waals surface area (Å²) in [4.78, 5) is 93.1. The van der Waals surface area contributed by atoms with Crippen LogP contribution in [0.15, 0.2) is 97.2 Å². The summed E-state index contributed by atoms with van der Waals surface area (Å²) < 4.78 is 5.62. The second kappa shape index (κ2) is 16.5. The number of unbranched alkanes of at least 4 members (excludes halogenated alkanes) is 1. The minimum atomic E-state index is -1.12. The van der Waals surface area contributed by atoms with Crippen molar-refractivity contribution in [3.63, 3.8) is 0 Å². The van der Waals surface area contributed by atoms with Gasteiger partial charge >= 0.3 is 0 Å². The lowest BCUT2D eigenvalue weighted by atomic mass is 9.99. The SMILES string of the molecule is NC(=O)c1cnc2ccc(-c3ccc(C(=O)NCCCCNC(=O)COc4cccc5c4C(=O)N(C4CCC(=O)NC4=O)C5=O)cc3)cc2c1Nc1ccccc1. The molecule has 4 aromatic carbocycles. The summed E-state index contributed by atoms with van der Waals surface area (Å²) in [7, 11) is 0. The van der Waals surface area contributed by atoms with Crippen LogP contribution < -0.4 is 31.7 Å². The van der Waals surface area contributed by atoms with Gasteiger partial charge in [0, 0.05) is 42.3 Å². The Hall–Kier alpha value is -7.42. The molecule has 0 radical (unpaired) electrons. The van der Waals surface area contributed by atoms with Gasteiger partial charge in [0.25, 0.3) is 29.5 Å². The molecule has 5 aromatic rings. The molecule has 0 saturated carbocycles. The van der Waals surface area contributed by atoms with Crippen molar-refractivity contribution in [2.45, 2.75) is 31.7 Å². The quantitative estimate of drug-likeness (QED) is 0.0812. The first-order valence-corrected chi connectivity index (χ1v) is 18.3. The highest BCUT2D eigenvalue weighted by Crippen LogP contribution is 2.35. The summed E-state index contributed by atoms with van der Waals surface area (Å²) in [6.45, 7) is 0.268. The lowest BCUT2D eigenvalue weighted by Crippen LogP contribution is -2.54. The monoisotopic (exact) mass is 767 g/mol. The molecule has 1 saturated heterocycles. The van der Waals surface area contributed by atoms with E-state index in [2.05, 4.69) is 26.3 Å². The highest BCUT2D eigenvalue weighted by molar-refractivity contribution is 6.24. The van der Waals surface area contributed by atoms with Crippen molar-refractivity contribution in [2.75, 3.05) is 25.0 Å². The number of nitrogens with two attached hydrogens (primary N) is 1. The average molecular weight is 768 g/mol. The maximum atomic E-state index is 13.2. The van der Waals surface area contributed by atoms with E-state index in [9.17, 15) is 33.6 Å². The van der Waals surface area contributed by atoms with Crippen LogP contribution in [0.3, 0.4) is 0 Å². The van der Waals surface area contributed by atoms with Gasteiger partial charge < -0.3 is 26.4 Å². The third kappa shape index (κ3) is 8.17. The molecule has 288 valence electrons. The summed E-state index contributed by atoms with van der Waals surface area (Å²) in [5, 5.41) is 11.8. The minimum absolute atomic E-state index is 0.000910. The molecule has 0 spiro atoms. The third-order valence-electron chi connectivity index (χ3n) is 9.66. The number of hydrogen-bond donors (Lipinski definition) is 5. The van der Waals surface area contributed by atoms with Crippen LogP contribution in [0.1, 0.15) is 67.1 Å². The van der Waals surface area contributed by atoms with Crippen LogP contribution in [0.2, 0.25) is 0 Å². The molecule has 1 fully saturated rings. The van der Waals surface area contributed by atoms with Crippen LogP contribution in [-0.4, -0.2) is 77.0 Å². The Morgan fingerprint density at radius 1 is 0.842 bits per heavy atom. The number of carbonyl (C=O) groups is 7. The zero-order valence-electron chi connectivity index (χ0n) is 30.5. The van der Waals surface area contributed by atoms with Crippen molar-refractivity contribution in [2.24, 2.45) is 5.73 Å². The van der Waals surface area contributed by atoms with Crippen LogP contribution in [-0.2, 0) is 14.4 Å². The van der Waals surface area contributed by atoms with Gasteiger partial charge in [0.1, 0.15) is 11.8 Å². The molecule has 7 amide bonds. The number of hydrogen-bond acceptors (Lipinski definition) is 10. The van der Waals surface area contributed by atoms with E-state index < -0.39 is 48.1 Å². The molecular weight excluding hydrogens is 731 g/mol. The molecule has 2 aliphatic rings. The van der Waals surface area contributed by atoms with E-state index in [1.807, 2.05) is 60.7 Å². The predicted octanol–water partition coefficient (Wildman–Crippen LogP) is 3.85. The first-order valence-electron chi connectivity index (χ1n) is 18.3. The average Bonchev–Trinajstić information content (AvgIpc) is 3.47. The van der Waals surface area contributed by atoms with E-state index >= 15 is 0 Å². The van der Waals surface area contributed by atoms with Crippen LogP contribution in [0, 0.1) is 0 Å². The second-order valence-electron chi connectivity index (χ2n) is 13.4. The largest absolute Gasteiger partial charge is 0.483 e. The molecule has 1 unspecified atom stereocenters. The first kappa shape index (κ1) is 37.9. The maximum absolute atomic E-state index is 13.2. The Bertz CT molecular complexity index is 2440. The number of imide groups is 2. The molecule has 0 aliphatic carbocycles. The van der Waals surface area contributed by atoms with Gasteiger partial charge in [-0.05, 0) is 78.9 Å². The number of pyridine rings is 1. The van der Waals surface area contributed by atoms with Gasteiger partial charge in [0.15, 0.2) is 6.61 Å². The maximum Gasteiger partial charge on any atom is 0.266 e.